The molecular weight excluding hydrogens is 502 g/mol. The third kappa shape index (κ3) is 6.67. The summed E-state index contributed by atoms with van der Waals surface area (Å²) in [6, 6.07) is 8.68. The number of rotatable bonds is 6. The molecule has 3 rings (SSSR count). The SMILES string of the molecule is CCNC(=NCCC(=O)N1CCc2sccc2C1)N(C)Cc1cccc(F)c1.I. The summed E-state index contributed by atoms with van der Waals surface area (Å²) in [4.78, 5) is 22.4. The van der Waals surface area contributed by atoms with Gasteiger partial charge in [0.15, 0.2) is 5.96 Å². The fourth-order valence-corrected chi connectivity index (χ4v) is 4.22. The van der Waals surface area contributed by atoms with Gasteiger partial charge in [-0.05, 0) is 48.1 Å². The van der Waals surface area contributed by atoms with Crippen molar-refractivity contribution in [2.75, 3.05) is 26.7 Å². The van der Waals surface area contributed by atoms with Gasteiger partial charge >= 0.3 is 0 Å². The lowest BCUT2D eigenvalue weighted by Crippen LogP contribution is -2.39. The maximum absolute atomic E-state index is 13.4. The molecule has 5 nitrogen and oxygen atoms in total. The molecule has 1 N–H and O–H groups in total. The van der Waals surface area contributed by atoms with Crippen molar-refractivity contribution >= 4 is 47.2 Å². The summed E-state index contributed by atoms with van der Waals surface area (Å²) in [6.07, 6.45) is 1.34. The van der Waals surface area contributed by atoms with Crippen LogP contribution in [0.25, 0.3) is 0 Å². The molecule has 0 atom stereocenters. The summed E-state index contributed by atoms with van der Waals surface area (Å²) >= 11 is 1.77. The lowest BCUT2D eigenvalue weighted by molar-refractivity contribution is -0.131. The number of thiophene rings is 1. The van der Waals surface area contributed by atoms with Gasteiger partial charge < -0.3 is 15.1 Å². The molecule has 0 saturated carbocycles. The Morgan fingerprint density at radius 1 is 1.38 bits per heavy atom. The van der Waals surface area contributed by atoms with Crippen molar-refractivity contribution < 1.29 is 9.18 Å². The molecule has 2 heterocycles. The molecule has 1 aromatic heterocycles. The van der Waals surface area contributed by atoms with E-state index in [1.54, 1.807) is 17.4 Å². The summed E-state index contributed by atoms with van der Waals surface area (Å²) in [6.45, 7) is 5.21. The monoisotopic (exact) mass is 530 g/mol. The van der Waals surface area contributed by atoms with Crippen LogP contribution in [0.1, 0.15) is 29.3 Å². The predicted molar refractivity (Wildman–Crippen MR) is 127 cm³/mol. The van der Waals surface area contributed by atoms with Crippen molar-refractivity contribution in [3.05, 3.63) is 57.5 Å². The number of hydrogen-bond donors (Lipinski definition) is 1. The Balaban J connectivity index is 0.00000300. The van der Waals surface area contributed by atoms with Gasteiger partial charge in [0.2, 0.25) is 5.91 Å². The van der Waals surface area contributed by atoms with E-state index >= 15 is 0 Å². The molecule has 158 valence electrons. The highest BCUT2D eigenvalue weighted by molar-refractivity contribution is 14.0. The van der Waals surface area contributed by atoms with E-state index in [0.29, 0.717) is 26.1 Å². The summed E-state index contributed by atoms with van der Waals surface area (Å²) in [5, 5.41) is 5.34. The lowest BCUT2D eigenvalue weighted by atomic mass is 10.1. The highest BCUT2D eigenvalue weighted by Crippen LogP contribution is 2.24. The second-order valence-electron chi connectivity index (χ2n) is 6.91. The van der Waals surface area contributed by atoms with E-state index in [1.165, 1.54) is 22.6 Å². The van der Waals surface area contributed by atoms with Gasteiger partial charge in [0.25, 0.3) is 0 Å². The van der Waals surface area contributed by atoms with Crippen LogP contribution in [0.4, 0.5) is 4.39 Å². The first-order valence-electron chi connectivity index (χ1n) is 9.63. The molecule has 0 bridgehead atoms. The molecule has 1 amide bonds. The van der Waals surface area contributed by atoms with Gasteiger partial charge in [-0.3, -0.25) is 9.79 Å². The number of amides is 1. The Morgan fingerprint density at radius 3 is 2.97 bits per heavy atom. The number of aliphatic imine (C=N–C) groups is 1. The summed E-state index contributed by atoms with van der Waals surface area (Å²) < 4.78 is 13.4. The van der Waals surface area contributed by atoms with Crippen LogP contribution < -0.4 is 5.32 Å². The zero-order valence-electron chi connectivity index (χ0n) is 16.9. The maximum atomic E-state index is 13.4. The van der Waals surface area contributed by atoms with Gasteiger partial charge in [-0.1, -0.05) is 12.1 Å². The van der Waals surface area contributed by atoms with E-state index in [9.17, 15) is 9.18 Å². The standard InChI is InChI=1S/C21H27FN4OS.HI/c1-3-23-21(25(2)14-16-5-4-6-18(22)13-16)24-10-7-20(27)26-11-8-19-17(15-26)9-12-28-19;/h4-6,9,12-13H,3,7-8,10-11,14-15H2,1-2H3,(H,23,24);1H. The van der Waals surface area contributed by atoms with Crippen LogP contribution in [-0.4, -0.2) is 48.3 Å². The third-order valence-corrected chi connectivity index (χ3v) is 5.78. The Labute approximate surface area is 193 Å². The zero-order valence-corrected chi connectivity index (χ0v) is 20.0. The van der Waals surface area contributed by atoms with Gasteiger partial charge in [-0.2, -0.15) is 0 Å². The molecule has 0 aliphatic carbocycles. The minimum Gasteiger partial charge on any atom is -0.357 e. The van der Waals surface area contributed by atoms with Crippen molar-refractivity contribution in [1.29, 1.82) is 0 Å². The molecule has 0 fully saturated rings. The van der Waals surface area contributed by atoms with Crippen LogP contribution in [0.5, 0.6) is 0 Å². The Hall–Kier alpha value is -1.68. The first kappa shape index (κ1) is 23.6. The second kappa shape index (κ2) is 11.5. The summed E-state index contributed by atoms with van der Waals surface area (Å²) in [7, 11) is 1.91. The second-order valence-corrected chi connectivity index (χ2v) is 7.91. The van der Waals surface area contributed by atoms with E-state index in [0.717, 1.165) is 31.0 Å². The number of nitrogens with one attached hydrogen (secondary N) is 1. The molecule has 8 heteroatoms. The number of guanidine groups is 1. The molecule has 2 aromatic rings. The topological polar surface area (TPSA) is 47.9 Å². The largest absolute Gasteiger partial charge is 0.357 e. The van der Waals surface area contributed by atoms with Crippen LogP contribution in [0.15, 0.2) is 40.7 Å². The summed E-state index contributed by atoms with van der Waals surface area (Å²) in [5.74, 6) is 0.622. The van der Waals surface area contributed by atoms with Crippen LogP contribution in [0.3, 0.4) is 0 Å². The van der Waals surface area contributed by atoms with E-state index in [2.05, 4.69) is 21.8 Å². The molecule has 0 radical (unpaired) electrons. The number of fused-ring (bicyclic) bond motifs is 1. The molecule has 1 aromatic carbocycles. The fraction of sp³-hybridized carbons (Fsp3) is 0.429. The third-order valence-electron chi connectivity index (χ3n) is 4.75. The van der Waals surface area contributed by atoms with Gasteiger partial charge in [-0.25, -0.2) is 4.39 Å². The van der Waals surface area contributed by atoms with Crippen LogP contribution in [-0.2, 0) is 24.3 Å². The molecule has 0 unspecified atom stereocenters. The minimum atomic E-state index is -0.242. The number of halogens is 2. The normalized spacial score (nSPS) is 13.5. The average molecular weight is 530 g/mol. The van der Waals surface area contributed by atoms with Gasteiger partial charge in [0.05, 0.1) is 6.54 Å². The van der Waals surface area contributed by atoms with Crippen LogP contribution in [0.2, 0.25) is 0 Å². The van der Waals surface area contributed by atoms with E-state index in [-0.39, 0.29) is 35.7 Å². The smallest absolute Gasteiger partial charge is 0.224 e. The Kier molecular flexibility index (Phi) is 9.35. The predicted octanol–water partition coefficient (Wildman–Crippen LogP) is 3.88. The summed E-state index contributed by atoms with van der Waals surface area (Å²) in [5.41, 5.74) is 2.15. The van der Waals surface area contributed by atoms with Crippen molar-refractivity contribution in [1.82, 2.24) is 15.1 Å². The number of carbonyl (C=O) groups is 1. The van der Waals surface area contributed by atoms with Crippen molar-refractivity contribution in [3.63, 3.8) is 0 Å². The molecule has 1 aliphatic heterocycles. The first-order valence-corrected chi connectivity index (χ1v) is 10.5. The number of nitrogens with zero attached hydrogens (tertiary/aromatic N) is 3. The van der Waals surface area contributed by atoms with E-state index < -0.39 is 0 Å². The molecule has 1 aliphatic rings. The van der Waals surface area contributed by atoms with Gasteiger partial charge in [0, 0.05) is 44.5 Å². The first-order chi connectivity index (χ1) is 13.6. The zero-order chi connectivity index (χ0) is 19.9. The molecule has 0 saturated heterocycles. The Morgan fingerprint density at radius 2 is 2.21 bits per heavy atom. The van der Waals surface area contributed by atoms with Crippen molar-refractivity contribution in [2.45, 2.75) is 32.9 Å². The number of carbonyl (C=O) groups excluding carboxylic acids is 1. The Bertz CT molecular complexity index is 842. The average Bonchev–Trinajstić information content (AvgIpc) is 3.15. The molecule has 29 heavy (non-hydrogen) atoms. The van der Waals surface area contributed by atoms with Crippen molar-refractivity contribution in [3.8, 4) is 0 Å². The highest BCUT2D eigenvalue weighted by atomic mass is 127. The number of benzene rings is 1. The maximum Gasteiger partial charge on any atom is 0.224 e. The quantitative estimate of drug-likeness (QED) is 0.351. The van der Waals surface area contributed by atoms with Crippen molar-refractivity contribution in [2.24, 2.45) is 4.99 Å². The van der Waals surface area contributed by atoms with E-state index in [4.69, 9.17) is 0 Å². The number of hydrogen-bond acceptors (Lipinski definition) is 3. The molecular formula is C21H28FIN4OS. The van der Waals surface area contributed by atoms with Gasteiger partial charge in [-0.15, -0.1) is 35.3 Å². The minimum absolute atomic E-state index is 0. The highest BCUT2D eigenvalue weighted by Gasteiger charge is 2.21. The van der Waals surface area contributed by atoms with Gasteiger partial charge in [0.1, 0.15) is 5.82 Å². The lowest BCUT2D eigenvalue weighted by Gasteiger charge is -2.27. The molecule has 0 spiro atoms. The van der Waals surface area contributed by atoms with Crippen LogP contribution in [0, 0.1) is 5.82 Å². The van der Waals surface area contributed by atoms with Crippen LogP contribution >= 0.6 is 35.3 Å². The van der Waals surface area contributed by atoms with E-state index in [1.807, 2.05) is 29.8 Å². The fourth-order valence-electron chi connectivity index (χ4n) is 3.33.